The van der Waals surface area contributed by atoms with Gasteiger partial charge in [0, 0.05) is 11.6 Å². The lowest BCUT2D eigenvalue weighted by atomic mass is 10.1. The van der Waals surface area contributed by atoms with Crippen molar-refractivity contribution in [2.75, 3.05) is 0 Å². The van der Waals surface area contributed by atoms with Crippen LogP contribution in [-0.4, -0.2) is 4.92 Å². The van der Waals surface area contributed by atoms with Gasteiger partial charge in [-0.1, -0.05) is 18.2 Å². The van der Waals surface area contributed by atoms with Crippen LogP contribution < -0.4 is 0 Å². The van der Waals surface area contributed by atoms with E-state index in [4.69, 9.17) is 0 Å². The Balaban J connectivity index is 3.02. The van der Waals surface area contributed by atoms with Gasteiger partial charge in [0.05, 0.1) is 4.92 Å². The van der Waals surface area contributed by atoms with Crippen molar-refractivity contribution in [3.8, 4) is 0 Å². The summed E-state index contributed by atoms with van der Waals surface area (Å²) < 4.78 is 13.2. The van der Waals surface area contributed by atoms with Crippen molar-refractivity contribution in [2.45, 2.75) is 6.92 Å². The smallest absolute Gasteiger partial charge is 0.235 e. The fourth-order valence-electron chi connectivity index (χ4n) is 0.940. The van der Waals surface area contributed by atoms with Gasteiger partial charge in [-0.25, -0.2) is 4.39 Å². The summed E-state index contributed by atoms with van der Waals surface area (Å²) in [6.07, 6.45) is 1.86. The molecule has 0 fully saturated rings. The molecule has 3 nitrogen and oxygen atoms in total. The zero-order valence-corrected chi connectivity index (χ0v) is 7.03. The minimum Gasteiger partial charge on any atom is -0.259 e. The SMILES string of the molecule is Cc1cccc(/C=C/[N+](=O)[O-])c1F. The molecular formula is C9H8FNO2. The van der Waals surface area contributed by atoms with E-state index < -0.39 is 10.7 Å². The van der Waals surface area contributed by atoms with Crippen molar-refractivity contribution in [3.05, 3.63) is 51.5 Å². The number of halogens is 1. The van der Waals surface area contributed by atoms with Gasteiger partial charge in [-0.3, -0.25) is 10.1 Å². The molecule has 0 heterocycles. The molecule has 0 amide bonds. The van der Waals surface area contributed by atoms with E-state index >= 15 is 0 Å². The lowest BCUT2D eigenvalue weighted by molar-refractivity contribution is -0.400. The van der Waals surface area contributed by atoms with E-state index in [1.165, 1.54) is 6.07 Å². The largest absolute Gasteiger partial charge is 0.259 e. The van der Waals surface area contributed by atoms with Crippen molar-refractivity contribution in [3.63, 3.8) is 0 Å². The molecule has 0 radical (unpaired) electrons. The Kier molecular flexibility index (Phi) is 2.74. The summed E-state index contributed by atoms with van der Waals surface area (Å²) in [6, 6.07) is 4.75. The first kappa shape index (κ1) is 9.38. The quantitative estimate of drug-likeness (QED) is 0.519. The summed E-state index contributed by atoms with van der Waals surface area (Å²) >= 11 is 0. The van der Waals surface area contributed by atoms with Crippen LogP contribution in [0.4, 0.5) is 4.39 Å². The van der Waals surface area contributed by atoms with Gasteiger partial charge < -0.3 is 0 Å². The molecule has 0 aliphatic heterocycles. The second-order valence-corrected chi connectivity index (χ2v) is 2.58. The maximum atomic E-state index is 13.2. The van der Waals surface area contributed by atoms with Gasteiger partial charge in [0.2, 0.25) is 6.20 Å². The van der Waals surface area contributed by atoms with Gasteiger partial charge in [0.1, 0.15) is 5.82 Å². The fraction of sp³-hybridized carbons (Fsp3) is 0.111. The molecule has 1 aromatic rings. The molecule has 1 aromatic carbocycles. The van der Waals surface area contributed by atoms with Gasteiger partial charge in [0.15, 0.2) is 0 Å². The minimum absolute atomic E-state index is 0.233. The second-order valence-electron chi connectivity index (χ2n) is 2.58. The molecule has 0 unspecified atom stereocenters. The number of nitrogens with zero attached hydrogens (tertiary/aromatic N) is 1. The van der Waals surface area contributed by atoms with Crippen LogP contribution in [0.3, 0.4) is 0 Å². The summed E-state index contributed by atoms with van der Waals surface area (Å²) in [5.41, 5.74) is 0.710. The molecule has 0 saturated heterocycles. The number of benzene rings is 1. The molecule has 4 heteroatoms. The summed E-state index contributed by atoms with van der Waals surface area (Å²) in [4.78, 5) is 9.34. The van der Waals surface area contributed by atoms with Crippen molar-refractivity contribution < 1.29 is 9.31 Å². The molecule has 68 valence electrons. The normalized spacial score (nSPS) is 10.6. The standard InChI is InChI=1S/C9H8FNO2/c1-7-3-2-4-8(9(7)10)5-6-11(12)13/h2-6H,1H3/b6-5+. The van der Waals surface area contributed by atoms with Gasteiger partial charge in [-0.05, 0) is 12.5 Å². The van der Waals surface area contributed by atoms with Crippen LogP contribution in [0.5, 0.6) is 0 Å². The third-order valence-corrected chi connectivity index (χ3v) is 1.60. The first-order valence-electron chi connectivity index (χ1n) is 3.68. The Morgan fingerprint density at radius 1 is 1.54 bits per heavy atom. The molecule has 13 heavy (non-hydrogen) atoms. The maximum absolute atomic E-state index is 13.2. The number of rotatable bonds is 2. The summed E-state index contributed by atoms with van der Waals surface area (Å²) in [7, 11) is 0. The average molecular weight is 181 g/mol. The monoisotopic (exact) mass is 181 g/mol. The molecule has 0 atom stereocenters. The highest BCUT2D eigenvalue weighted by molar-refractivity contribution is 5.50. The van der Waals surface area contributed by atoms with E-state index in [0.29, 0.717) is 5.56 Å². The first-order valence-corrected chi connectivity index (χ1v) is 3.68. The van der Waals surface area contributed by atoms with Crippen LogP contribution in [0.25, 0.3) is 6.08 Å². The van der Waals surface area contributed by atoms with Crippen LogP contribution in [0, 0.1) is 22.9 Å². The highest BCUT2D eigenvalue weighted by Gasteiger charge is 2.01. The number of nitro groups is 1. The van der Waals surface area contributed by atoms with Gasteiger partial charge in [0.25, 0.3) is 0 Å². The first-order chi connectivity index (χ1) is 6.11. The van der Waals surface area contributed by atoms with Gasteiger partial charge in [-0.15, -0.1) is 0 Å². The third kappa shape index (κ3) is 2.37. The molecule has 0 N–H and O–H groups in total. The van der Waals surface area contributed by atoms with Gasteiger partial charge >= 0.3 is 0 Å². The Morgan fingerprint density at radius 2 is 2.23 bits per heavy atom. The highest BCUT2D eigenvalue weighted by atomic mass is 19.1. The van der Waals surface area contributed by atoms with Crippen molar-refractivity contribution in [1.82, 2.24) is 0 Å². The Labute approximate surface area is 74.7 Å². The number of hydrogen-bond donors (Lipinski definition) is 0. The van der Waals surface area contributed by atoms with Crippen LogP contribution >= 0.6 is 0 Å². The number of aryl methyl sites for hydroxylation is 1. The van der Waals surface area contributed by atoms with Gasteiger partial charge in [-0.2, -0.15) is 0 Å². The zero-order valence-electron chi connectivity index (χ0n) is 7.03. The summed E-state index contributed by atoms with van der Waals surface area (Å²) in [5, 5.41) is 9.97. The second kappa shape index (κ2) is 3.80. The molecule has 0 aromatic heterocycles. The Morgan fingerprint density at radius 3 is 2.85 bits per heavy atom. The topological polar surface area (TPSA) is 43.1 Å². The lowest BCUT2D eigenvalue weighted by Gasteiger charge is -1.97. The number of hydrogen-bond acceptors (Lipinski definition) is 2. The molecular weight excluding hydrogens is 173 g/mol. The van der Waals surface area contributed by atoms with E-state index in [1.54, 1.807) is 19.1 Å². The molecule has 0 spiro atoms. The van der Waals surface area contributed by atoms with E-state index in [1.807, 2.05) is 0 Å². The van der Waals surface area contributed by atoms with Crippen LogP contribution in [0.1, 0.15) is 11.1 Å². The van der Waals surface area contributed by atoms with E-state index in [9.17, 15) is 14.5 Å². The van der Waals surface area contributed by atoms with E-state index in [0.717, 1.165) is 12.3 Å². The summed E-state index contributed by atoms with van der Waals surface area (Å²) in [6.45, 7) is 1.61. The average Bonchev–Trinajstić information content (AvgIpc) is 2.07. The van der Waals surface area contributed by atoms with Crippen LogP contribution in [0.2, 0.25) is 0 Å². The molecule has 0 saturated carbocycles. The minimum atomic E-state index is -0.623. The maximum Gasteiger partial charge on any atom is 0.235 e. The molecule has 0 bridgehead atoms. The molecule has 0 aliphatic rings. The van der Waals surface area contributed by atoms with Crippen molar-refractivity contribution >= 4 is 6.08 Å². The predicted molar refractivity (Wildman–Crippen MR) is 47.2 cm³/mol. The molecule has 1 rings (SSSR count). The Hall–Kier alpha value is -1.71. The summed E-state index contributed by atoms with van der Waals surface area (Å²) in [5.74, 6) is -0.416. The van der Waals surface area contributed by atoms with Crippen molar-refractivity contribution in [1.29, 1.82) is 0 Å². The van der Waals surface area contributed by atoms with E-state index in [2.05, 4.69) is 0 Å². The molecule has 0 aliphatic carbocycles. The zero-order chi connectivity index (χ0) is 9.84. The lowest BCUT2D eigenvalue weighted by Crippen LogP contribution is -1.88. The van der Waals surface area contributed by atoms with Crippen LogP contribution in [0.15, 0.2) is 24.4 Å². The Bertz CT molecular complexity index is 361. The van der Waals surface area contributed by atoms with E-state index in [-0.39, 0.29) is 5.56 Å². The third-order valence-electron chi connectivity index (χ3n) is 1.60. The fourth-order valence-corrected chi connectivity index (χ4v) is 0.940. The van der Waals surface area contributed by atoms with Crippen molar-refractivity contribution in [2.24, 2.45) is 0 Å². The van der Waals surface area contributed by atoms with Crippen LogP contribution in [-0.2, 0) is 0 Å². The predicted octanol–water partition coefficient (Wildman–Crippen LogP) is 2.38. The highest BCUT2D eigenvalue weighted by Crippen LogP contribution is 2.12.